The summed E-state index contributed by atoms with van der Waals surface area (Å²) in [6, 6.07) is 0. The molecule has 1 fully saturated rings. The van der Waals surface area contributed by atoms with Crippen LogP contribution in [0.2, 0.25) is 0 Å². The molecule has 1 rings (SSSR count). The topological polar surface area (TPSA) is 12.0 Å². The minimum atomic E-state index is 0.488. The highest BCUT2D eigenvalue weighted by atomic mass is 15.0. The number of unbranched alkanes of at least 4 members (excludes halogenated alkanes) is 9. The Morgan fingerprint density at radius 1 is 0.720 bits per heavy atom. The smallest absolute Gasteiger partial charge is 0.0209 e. The predicted octanol–water partition coefficient (Wildman–Crippen LogP) is 8.03. The first kappa shape index (κ1) is 23.0. The molecule has 0 aromatic heterocycles. The van der Waals surface area contributed by atoms with Crippen molar-refractivity contribution in [1.29, 1.82) is 0 Å². The van der Waals surface area contributed by atoms with Crippen LogP contribution in [0.1, 0.15) is 136 Å². The maximum atomic E-state index is 4.10. The van der Waals surface area contributed by atoms with Crippen LogP contribution in [0, 0.1) is 5.92 Å². The molecule has 0 bridgehead atoms. The highest BCUT2D eigenvalue weighted by molar-refractivity contribution is 4.96. The molecule has 1 aliphatic rings. The van der Waals surface area contributed by atoms with Gasteiger partial charge in [0.05, 0.1) is 0 Å². The molecular weight excluding hydrogens is 302 g/mol. The third-order valence-corrected chi connectivity index (χ3v) is 6.55. The lowest BCUT2D eigenvalue weighted by molar-refractivity contribution is 0.119. The summed E-state index contributed by atoms with van der Waals surface area (Å²) in [5, 5.41) is 4.10. The van der Waals surface area contributed by atoms with Crippen LogP contribution in [-0.2, 0) is 0 Å². The Hall–Kier alpha value is -0.0400. The van der Waals surface area contributed by atoms with Gasteiger partial charge in [-0.2, -0.15) is 0 Å². The molecule has 150 valence electrons. The van der Waals surface area contributed by atoms with Crippen molar-refractivity contribution in [2.45, 2.75) is 142 Å². The lowest BCUT2D eigenvalue weighted by Gasteiger charge is -2.46. The molecule has 0 aliphatic heterocycles. The van der Waals surface area contributed by atoms with E-state index < -0.39 is 0 Å². The molecule has 1 N–H and O–H groups in total. The fourth-order valence-electron chi connectivity index (χ4n) is 5.13. The van der Waals surface area contributed by atoms with Crippen LogP contribution in [-0.4, -0.2) is 12.1 Å². The lowest BCUT2D eigenvalue weighted by atomic mass is 9.68. The zero-order valence-corrected chi connectivity index (χ0v) is 18.0. The van der Waals surface area contributed by atoms with Gasteiger partial charge in [0, 0.05) is 5.54 Å². The molecule has 2 unspecified atom stereocenters. The van der Waals surface area contributed by atoms with Gasteiger partial charge in [-0.05, 0) is 44.6 Å². The van der Waals surface area contributed by atoms with E-state index in [1.807, 2.05) is 0 Å². The third kappa shape index (κ3) is 9.45. The van der Waals surface area contributed by atoms with Crippen LogP contribution in [0.5, 0.6) is 0 Å². The third-order valence-electron chi connectivity index (χ3n) is 6.55. The first-order valence-electron chi connectivity index (χ1n) is 12.0. The normalized spacial score (nSPS) is 23.9. The van der Waals surface area contributed by atoms with Crippen molar-refractivity contribution in [3.63, 3.8) is 0 Å². The van der Waals surface area contributed by atoms with Gasteiger partial charge in [-0.1, -0.05) is 104 Å². The molecule has 2 atom stereocenters. The van der Waals surface area contributed by atoms with E-state index in [4.69, 9.17) is 0 Å². The molecule has 0 amide bonds. The Morgan fingerprint density at radius 2 is 1.36 bits per heavy atom. The van der Waals surface area contributed by atoms with Crippen LogP contribution in [0.4, 0.5) is 0 Å². The van der Waals surface area contributed by atoms with Crippen molar-refractivity contribution < 1.29 is 0 Å². The van der Waals surface area contributed by atoms with Crippen LogP contribution in [0.3, 0.4) is 0 Å². The zero-order chi connectivity index (χ0) is 18.2. The first-order valence-corrected chi connectivity index (χ1v) is 12.0. The number of nitrogens with one attached hydrogen (secondary N) is 1. The summed E-state index contributed by atoms with van der Waals surface area (Å²) in [5.74, 6) is 0.939. The van der Waals surface area contributed by atoms with Gasteiger partial charge in [0.15, 0.2) is 0 Å². The Morgan fingerprint density at radius 3 is 1.96 bits per heavy atom. The van der Waals surface area contributed by atoms with E-state index in [1.165, 1.54) is 122 Å². The predicted molar refractivity (Wildman–Crippen MR) is 114 cm³/mol. The fraction of sp³-hybridized carbons (Fsp3) is 1.00. The minimum Gasteiger partial charge on any atom is -0.311 e. The molecule has 0 aromatic carbocycles. The molecule has 1 saturated carbocycles. The summed E-state index contributed by atoms with van der Waals surface area (Å²) in [6.07, 6.45) is 25.8. The van der Waals surface area contributed by atoms with Crippen molar-refractivity contribution in [3.8, 4) is 0 Å². The monoisotopic (exact) mass is 351 g/mol. The minimum absolute atomic E-state index is 0.488. The Balaban J connectivity index is 2.14. The molecule has 1 nitrogen and oxygen atoms in total. The summed E-state index contributed by atoms with van der Waals surface area (Å²) in [4.78, 5) is 0. The molecule has 0 heterocycles. The second-order valence-corrected chi connectivity index (χ2v) is 8.75. The Labute approximate surface area is 160 Å². The van der Waals surface area contributed by atoms with Crippen molar-refractivity contribution >= 4 is 0 Å². The Kier molecular flexibility index (Phi) is 13.9. The number of rotatable bonds is 16. The van der Waals surface area contributed by atoms with Crippen LogP contribution >= 0.6 is 0 Å². The maximum absolute atomic E-state index is 4.10. The van der Waals surface area contributed by atoms with Gasteiger partial charge >= 0.3 is 0 Å². The lowest BCUT2D eigenvalue weighted by Crippen LogP contribution is -2.53. The maximum Gasteiger partial charge on any atom is 0.0209 e. The van der Waals surface area contributed by atoms with E-state index in [-0.39, 0.29) is 0 Å². The van der Waals surface area contributed by atoms with Crippen molar-refractivity contribution in [2.75, 3.05) is 6.54 Å². The average Bonchev–Trinajstić information content (AvgIpc) is 2.62. The van der Waals surface area contributed by atoms with Crippen molar-refractivity contribution in [3.05, 3.63) is 0 Å². The van der Waals surface area contributed by atoms with E-state index in [0.717, 1.165) is 5.92 Å². The van der Waals surface area contributed by atoms with E-state index in [1.54, 1.807) is 0 Å². The second kappa shape index (κ2) is 15.1. The standard InChI is InChI=1S/C24H49N/c1-4-7-8-9-10-11-12-13-14-17-22-25-24(20-6-3)21-16-15-19-23(24)18-5-2/h23,25H,4-22H2,1-3H3. The number of hydrogen-bond acceptors (Lipinski definition) is 1. The van der Waals surface area contributed by atoms with E-state index in [9.17, 15) is 0 Å². The van der Waals surface area contributed by atoms with Gasteiger partial charge in [-0.15, -0.1) is 0 Å². The summed E-state index contributed by atoms with van der Waals surface area (Å²) in [7, 11) is 0. The van der Waals surface area contributed by atoms with Crippen LogP contribution < -0.4 is 5.32 Å². The second-order valence-electron chi connectivity index (χ2n) is 8.75. The van der Waals surface area contributed by atoms with Gasteiger partial charge in [0.1, 0.15) is 0 Å². The highest BCUT2D eigenvalue weighted by Gasteiger charge is 2.38. The summed E-state index contributed by atoms with van der Waals surface area (Å²) >= 11 is 0. The first-order chi connectivity index (χ1) is 12.3. The molecule has 0 saturated heterocycles. The summed E-state index contributed by atoms with van der Waals surface area (Å²) < 4.78 is 0. The van der Waals surface area contributed by atoms with Gasteiger partial charge in [0.2, 0.25) is 0 Å². The molecular formula is C24H49N. The molecule has 25 heavy (non-hydrogen) atoms. The molecule has 1 heteroatoms. The molecule has 0 radical (unpaired) electrons. The van der Waals surface area contributed by atoms with Gasteiger partial charge in [-0.3, -0.25) is 0 Å². The van der Waals surface area contributed by atoms with Crippen LogP contribution in [0.15, 0.2) is 0 Å². The van der Waals surface area contributed by atoms with Gasteiger partial charge < -0.3 is 5.32 Å². The Bertz CT molecular complexity index is 282. The van der Waals surface area contributed by atoms with Crippen LogP contribution in [0.25, 0.3) is 0 Å². The summed E-state index contributed by atoms with van der Waals surface area (Å²) in [6.45, 7) is 8.31. The van der Waals surface area contributed by atoms with E-state index >= 15 is 0 Å². The number of hydrogen-bond donors (Lipinski definition) is 1. The van der Waals surface area contributed by atoms with Gasteiger partial charge in [0.25, 0.3) is 0 Å². The largest absolute Gasteiger partial charge is 0.311 e. The average molecular weight is 352 g/mol. The zero-order valence-electron chi connectivity index (χ0n) is 18.0. The highest BCUT2D eigenvalue weighted by Crippen LogP contribution is 2.39. The quantitative estimate of drug-likeness (QED) is 0.277. The fourth-order valence-corrected chi connectivity index (χ4v) is 5.13. The van der Waals surface area contributed by atoms with Crippen molar-refractivity contribution in [2.24, 2.45) is 5.92 Å². The van der Waals surface area contributed by atoms with Crippen molar-refractivity contribution in [1.82, 2.24) is 5.32 Å². The molecule has 1 aliphatic carbocycles. The molecule has 0 aromatic rings. The SMILES string of the molecule is CCCCCCCCCCCCNC1(CCC)CCCCC1CCC. The van der Waals surface area contributed by atoms with Gasteiger partial charge in [-0.25, -0.2) is 0 Å². The summed E-state index contributed by atoms with van der Waals surface area (Å²) in [5.41, 5.74) is 0.488. The van der Waals surface area contributed by atoms with E-state index in [0.29, 0.717) is 5.54 Å². The van der Waals surface area contributed by atoms with E-state index in [2.05, 4.69) is 26.1 Å². The molecule has 0 spiro atoms.